The highest BCUT2D eigenvalue weighted by Crippen LogP contribution is 2.30. The number of piperidine rings is 1. The number of rotatable bonds is 5. The van der Waals surface area contributed by atoms with Crippen molar-refractivity contribution in [3.05, 3.63) is 35.0 Å². The Morgan fingerprint density at radius 3 is 3.00 bits per heavy atom. The molecule has 3 aliphatic rings. The van der Waals surface area contributed by atoms with Gasteiger partial charge in [0.05, 0.1) is 23.7 Å². The molecule has 0 aromatic carbocycles. The fourth-order valence-corrected chi connectivity index (χ4v) is 4.29. The van der Waals surface area contributed by atoms with E-state index in [-0.39, 0.29) is 23.8 Å². The maximum atomic E-state index is 12.8. The summed E-state index contributed by atoms with van der Waals surface area (Å²) in [6.07, 6.45) is 5.83. The minimum absolute atomic E-state index is 0.0777. The summed E-state index contributed by atoms with van der Waals surface area (Å²) < 4.78 is 1.77. The van der Waals surface area contributed by atoms with Crippen LogP contribution in [0.25, 0.3) is 0 Å². The Bertz CT molecular complexity index is 730. The van der Waals surface area contributed by atoms with Crippen LogP contribution in [0.2, 0.25) is 0 Å². The van der Waals surface area contributed by atoms with Crippen LogP contribution < -0.4 is 0 Å². The summed E-state index contributed by atoms with van der Waals surface area (Å²) in [6, 6.07) is 1.95. The lowest BCUT2D eigenvalue weighted by Crippen LogP contribution is -2.47. The molecule has 2 atom stereocenters. The number of nitrogens with zero attached hydrogens (tertiary/aromatic N) is 5. The van der Waals surface area contributed by atoms with Crippen LogP contribution >= 0.6 is 11.3 Å². The van der Waals surface area contributed by atoms with Crippen molar-refractivity contribution in [2.45, 2.75) is 38.4 Å². The molecule has 2 amide bonds. The van der Waals surface area contributed by atoms with Gasteiger partial charge in [-0.15, -0.1) is 11.3 Å². The minimum Gasteiger partial charge on any atom is -0.340 e. The summed E-state index contributed by atoms with van der Waals surface area (Å²) >= 11 is 1.54. The number of carbonyl (C=O) groups is 2. The van der Waals surface area contributed by atoms with Crippen LogP contribution in [0.4, 0.5) is 0 Å². The van der Waals surface area contributed by atoms with Gasteiger partial charge in [-0.1, -0.05) is 0 Å². The predicted molar refractivity (Wildman–Crippen MR) is 92.6 cm³/mol. The quantitative estimate of drug-likeness (QED) is 0.809. The molecule has 0 aliphatic carbocycles. The molecular formula is C17H21N5O2S. The Morgan fingerprint density at radius 2 is 2.24 bits per heavy atom. The van der Waals surface area contributed by atoms with Gasteiger partial charge in [0.15, 0.2) is 0 Å². The second-order valence-corrected chi connectivity index (χ2v) is 7.41. The molecular weight excluding hydrogens is 338 g/mol. The first kappa shape index (κ1) is 16.3. The molecule has 0 saturated carbocycles. The number of hydrogen-bond donors (Lipinski definition) is 0. The molecule has 2 bridgehead atoms. The van der Waals surface area contributed by atoms with Crippen molar-refractivity contribution in [3.8, 4) is 0 Å². The summed E-state index contributed by atoms with van der Waals surface area (Å²) in [4.78, 5) is 33.6. The third-order valence-corrected chi connectivity index (χ3v) is 5.71. The fourth-order valence-electron chi connectivity index (χ4n) is 3.74. The van der Waals surface area contributed by atoms with E-state index in [4.69, 9.17) is 0 Å². The van der Waals surface area contributed by atoms with Crippen LogP contribution in [0.5, 0.6) is 0 Å². The molecule has 25 heavy (non-hydrogen) atoms. The molecule has 3 saturated heterocycles. The molecule has 2 aromatic heterocycles. The van der Waals surface area contributed by atoms with Gasteiger partial charge >= 0.3 is 0 Å². The normalized spacial score (nSPS) is 23.1. The maximum Gasteiger partial charge on any atom is 0.228 e. The molecule has 2 unspecified atom stereocenters. The zero-order valence-electron chi connectivity index (χ0n) is 14.0. The standard InChI is InChI=1S/C17H21N5O2S/c23-16(4-7-21-6-1-5-19-21)20-8-13-2-3-15(10-20)22(17(13)24)9-14-11-25-12-18-14/h1,5-6,11-13,15H,2-4,7-10H2. The van der Waals surface area contributed by atoms with Crippen molar-refractivity contribution in [2.75, 3.05) is 13.1 Å². The van der Waals surface area contributed by atoms with Crippen LogP contribution in [0.1, 0.15) is 25.0 Å². The van der Waals surface area contributed by atoms with Gasteiger partial charge in [-0.2, -0.15) is 5.10 Å². The zero-order chi connectivity index (χ0) is 17.2. The smallest absolute Gasteiger partial charge is 0.228 e. The largest absolute Gasteiger partial charge is 0.340 e. The van der Waals surface area contributed by atoms with E-state index in [0.717, 1.165) is 18.5 Å². The second-order valence-electron chi connectivity index (χ2n) is 6.69. The molecule has 5 heterocycles. The van der Waals surface area contributed by atoms with Gasteiger partial charge in [0, 0.05) is 49.9 Å². The van der Waals surface area contributed by atoms with Crippen molar-refractivity contribution < 1.29 is 9.59 Å². The highest BCUT2D eigenvalue weighted by atomic mass is 32.1. The van der Waals surface area contributed by atoms with E-state index >= 15 is 0 Å². The lowest BCUT2D eigenvalue weighted by atomic mass is 9.94. The molecule has 0 spiro atoms. The molecule has 2 aromatic rings. The highest BCUT2D eigenvalue weighted by Gasteiger charge is 2.41. The monoisotopic (exact) mass is 359 g/mol. The Labute approximate surface area is 150 Å². The second kappa shape index (κ2) is 6.95. The molecule has 0 N–H and O–H groups in total. The first-order chi connectivity index (χ1) is 12.2. The van der Waals surface area contributed by atoms with Crippen molar-refractivity contribution in [1.82, 2.24) is 24.6 Å². The molecule has 0 radical (unpaired) electrons. The van der Waals surface area contributed by atoms with Gasteiger partial charge in [-0.25, -0.2) is 4.98 Å². The Hall–Kier alpha value is -2.22. The fraction of sp³-hybridized carbons (Fsp3) is 0.529. The Morgan fingerprint density at radius 1 is 1.32 bits per heavy atom. The number of hydrogen-bond acceptors (Lipinski definition) is 5. The van der Waals surface area contributed by atoms with E-state index < -0.39 is 0 Å². The molecule has 3 aliphatic heterocycles. The average Bonchev–Trinajstić information content (AvgIpc) is 3.25. The third-order valence-electron chi connectivity index (χ3n) is 5.08. The highest BCUT2D eigenvalue weighted by molar-refractivity contribution is 7.07. The summed E-state index contributed by atoms with van der Waals surface area (Å²) in [5, 5.41) is 6.12. The van der Waals surface area contributed by atoms with E-state index in [1.165, 1.54) is 0 Å². The average molecular weight is 359 g/mol. The summed E-state index contributed by atoms with van der Waals surface area (Å²) in [6.45, 7) is 2.30. The van der Waals surface area contributed by atoms with Crippen LogP contribution in [0, 0.1) is 5.92 Å². The lowest BCUT2D eigenvalue weighted by molar-refractivity contribution is -0.140. The molecule has 5 rings (SSSR count). The first-order valence-corrected chi connectivity index (χ1v) is 9.58. The van der Waals surface area contributed by atoms with Crippen molar-refractivity contribution in [2.24, 2.45) is 5.92 Å². The SMILES string of the molecule is O=C(CCn1cccn1)N1CC2CCC(C1)N(Cc1cscn1)C2=O. The summed E-state index contributed by atoms with van der Waals surface area (Å²) in [5.74, 6) is 0.202. The van der Waals surface area contributed by atoms with Crippen LogP contribution in [0.15, 0.2) is 29.4 Å². The topological polar surface area (TPSA) is 71.3 Å². The molecule has 8 heteroatoms. The van der Waals surface area contributed by atoms with Crippen LogP contribution in [-0.2, 0) is 22.7 Å². The summed E-state index contributed by atoms with van der Waals surface area (Å²) in [7, 11) is 0. The molecule has 7 nitrogen and oxygen atoms in total. The number of carbonyl (C=O) groups excluding carboxylic acids is 2. The molecule has 3 fully saturated rings. The van der Waals surface area contributed by atoms with Gasteiger partial charge in [-0.05, 0) is 18.9 Å². The van der Waals surface area contributed by atoms with E-state index in [2.05, 4.69) is 10.1 Å². The number of aromatic nitrogens is 3. The maximum absolute atomic E-state index is 12.8. The van der Waals surface area contributed by atoms with Gasteiger partial charge in [0.1, 0.15) is 0 Å². The van der Waals surface area contributed by atoms with Crippen LogP contribution in [0.3, 0.4) is 0 Å². The number of thiazole rings is 1. The Balaban J connectivity index is 1.43. The number of amides is 2. The molecule has 132 valence electrons. The van der Waals surface area contributed by atoms with E-state index in [9.17, 15) is 9.59 Å². The van der Waals surface area contributed by atoms with E-state index in [0.29, 0.717) is 32.6 Å². The van der Waals surface area contributed by atoms with Crippen molar-refractivity contribution >= 4 is 23.2 Å². The van der Waals surface area contributed by atoms with E-state index in [1.807, 2.05) is 27.4 Å². The van der Waals surface area contributed by atoms with Crippen molar-refractivity contribution in [3.63, 3.8) is 0 Å². The van der Waals surface area contributed by atoms with Crippen molar-refractivity contribution in [1.29, 1.82) is 0 Å². The van der Waals surface area contributed by atoms with E-state index in [1.54, 1.807) is 27.7 Å². The van der Waals surface area contributed by atoms with Gasteiger partial charge in [0.25, 0.3) is 0 Å². The minimum atomic E-state index is -0.0777. The lowest BCUT2D eigenvalue weighted by Gasteiger charge is -2.35. The van der Waals surface area contributed by atoms with Gasteiger partial charge in [-0.3, -0.25) is 14.3 Å². The Kier molecular flexibility index (Phi) is 4.52. The zero-order valence-corrected chi connectivity index (χ0v) is 14.8. The third kappa shape index (κ3) is 3.44. The summed E-state index contributed by atoms with van der Waals surface area (Å²) in [5.41, 5.74) is 2.73. The van der Waals surface area contributed by atoms with Gasteiger partial charge < -0.3 is 9.80 Å². The predicted octanol–water partition coefficient (Wildman–Crippen LogP) is 1.38. The van der Waals surface area contributed by atoms with Crippen LogP contribution in [-0.4, -0.2) is 55.5 Å². The first-order valence-electron chi connectivity index (χ1n) is 8.63. The number of fused-ring (bicyclic) bond motifs is 4. The van der Waals surface area contributed by atoms with Gasteiger partial charge in [0.2, 0.25) is 11.8 Å². The number of aryl methyl sites for hydroxylation is 1.